The lowest BCUT2D eigenvalue weighted by molar-refractivity contribution is -0.140. The Morgan fingerprint density at radius 2 is 1.84 bits per heavy atom. The van der Waals surface area contributed by atoms with Crippen molar-refractivity contribution in [2.45, 2.75) is 24.8 Å². The van der Waals surface area contributed by atoms with Crippen molar-refractivity contribution in [3.63, 3.8) is 0 Å². The summed E-state index contributed by atoms with van der Waals surface area (Å²) in [7, 11) is -3.91. The van der Waals surface area contributed by atoms with Crippen molar-refractivity contribution in [2.75, 3.05) is 0 Å². The van der Waals surface area contributed by atoms with Crippen LogP contribution in [0.25, 0.3) is 0 Å². The minimum atomic E-state index is -3.91. The van der Waals surface area contributed by atoms with Gasteiger partial charge in [0.2, 0.25) is 10.0 Å². The molecule has 0 aliphatic carbocycles. The summed E-state index contributed by atoms with van der Waals surface area (Å²) in [6, 6.07) is 5.93. The molecule has 0 amide bonds. The van der Waals surface area contributed by atoms with E-state index < -0.39 is 22.0 Å². The summed E-state index contributed by atoms with van der Waals surface area (Å²) >= 11 is 0. The number of rotatable bonds is 5. The Kier molecular flexibility index (Phi) is 4.64. The number of benzene rings is 1. The number of nitrogens with zero attached hydrogens (tertiary/aromatic N) is 1. The van der Waals surface area contributed by atoms with E-state index in [0.29, 0.717) is 5.56 Å². The lowest BCUT2D eigenvalue weighted by Crippen LogP contribution is -2.44. The van der Waals surface area contributed by atoms with Crippen LogP contribution in [0.4, 0.5) is 0 Å². The molecule has 1 aromatic rings. The van der Waals surface area contributed by atoms with Crippen LogP contribution in [0.1, 0.15) is 19.4 Å². The standard InChI is InChI=1S/C12H14N2O4S/c1-8(2)11(12(15)16)14-19(17,18)10-5-3-9(7-13)4-6-10/h3-6,8,11,14H,1-2H3,(H,15,16). The van der Waals surface area contributed by atoms with E-state index in [4.69, 9.17) is 10.4 Å². The SMILES string of the molecule is CC(C)C(NS(=O)(=O)c1ccc(C#N)cc1)C(=O)O. The van der Waals surface area contributed by atoms with Gasteiger partial charge in [-0.25, -0.2) is 8.42 Å². The summed E-state index contributed by atoms with van der Waals surface area (Å²) in [5.41, 5.74) is 0.331. The number of carboxylic acids is 1. The van der Waals surface area contributed by atoms with Gasteiger partial charge in [0.15, 0.2) is 0 Å². The first kappa shape index (κ1) is 15.1. The van der Waals surface area contributed by atoms with Gasteiger partial charge < -0.3 is 5.11 Å². The molecule has 1 aromatic carbocycles. The molecule has 1 atom stereocenters. The fraction of sp³-hybridized carbons (Fsp3) is 0.333. The van der Waals surface area contributed by atoms with E-state index >= 15 is 0 Å². The Morgan fingerprint density at radius 3 is 2.21 bits per heavy atom. The number of carboxylic acid groups (broad SMARTS) is 1. The highest BCUT2D eigenvalue weighted by Gasteiger charge is 2.27. The highest BCUT2D eigenvalue weighted by molar-refractivity contribution is 7.89. The third kappa shape index (κ3) is 3.77. The molecule has 19 heavy (non-hydrogen) atoms. The maximum atomic E-state index is 12.0. The fourth-order valence-electron chi connectivity index (χ4n) is 1.42. The van der Waals surface area contributed by atoms with Gasteiger partial charge in [0.25, 0.3) is 0 Å². The van der Waals surface area contributed by atoms with Crippen molar-refractivity contribution in [1.29, 1.82) is 5.26 Å². The smallest absolute Gasteiger partial charge is 0.322 e. The van der Waals surface area contributed by atoms with Gasteiger partial charge >= 0.3 is 5.97 Å². The maximum Gasteiger partial charge on any atom is 0.322 e. The van der Waals surface area contributed by atoms with E-state index in [9.17, 15) is 13.2 Å². The summed E-state index contributed by atoms with van der Waals surface area (Å²) < 4.78 is 26.1. The van der Waals surface area contributed by atoms with E-state index in [0.717, 1.165) is 0 Å². The second kappa shape index (κ2) is 5.82. The second-order valence-electron chi connectivity index (χ2n) is 4.32. The Morgan fingerprint density at radius 1 is 1.32 bits per heavy atom. The van der Waals surface area contributed by atoms with Gasteiger partial charge in [-0.05, 0) is 30.2 Å². The normalized spacial score (nSPS) is 12.9. The predicted molar refractivity (Wildman–Crippen MR) is 67.7 cm³/mol. The first-order valence-corrected chi connectivity index (χ1v) is 7.01. The third-order valence-electron chi connectivity index (χ3n) is 2.51. The van der Waals surface area contributed by atoms with Gasteiger partial charge in [-0.1, -0.05) is 13.8 Å². The average Bonchev–Trinajstić information content (AvgIpc) is 2.35. The molecule has 2 N–H and O–H groups in total. The maximum absolute atomic E-state index is 12.0. The topological polar surface area (TPSA) is 107 Å². The zero-order valence-corrected chi connectivity index (χ0v) is 11.3. The van der Waals surface area contributed by atoms with Gasteiger partial charge in [-0.3, -0.25) is 4.79 Å². The quantitative estimate of drug-likeness (QED) is 0.836. The van der Waals surface area contributed by atoms with Crippen molar-refractivity contribution in [2.24, 2.45) is 5.92 Å². The van der Waals surface area contributed by atoms with Gasteiger partial charge in [-0.2, -0.15) is 9.98 Å². The van der Waals surface area contributed by atoms with Gasteiger partial charge in [0.1, 0.15) is 6.04 Å². The molecular formula is C12H14N2O4S. The van der Waals surface area contributed by atoms with Crippen molar-refractivity contribution < 1.29 is 18.3 Å². The molecule has 0 saturated carbocycles. The van der Waals surface area contributed by atoms with Gasteiger partial charge in [0, 0.05) is 0 Å². The molecule has 0 bridgehead atoms. The lowest BCUT2D eigenvalue weighted by Gasteiger charge is -2.17. The molecule has 1 unspecified atom stereocenters. The summed E-state index contributed by atoms with van der Waals surface area (Å²) in [6.07, 6.45) is 0. The van der Waals surface area contributed by atoms with Crippen LogP contribution in [0.5, 0.6) is 0 Å². The van der Waals surface area contributed by atoms with E-state index in [2.05, 4.69) is 4.72 Å². The summed E-state index contributed by atoms with van der Waals surface area (Å²) in [5.74, 6) is -1.61. The number of sulfonamides is 1. The molecule has 102 valence electrons. The Balaban J connectivity index is 3.03. The molecule has 0 aliphatic heterocycles. The number of hydrogen-bond acceptors (Lipinski definition) is 4. The number of nitriles is 1. The highest BCUT2D eigenvalue weighted by atomic mass is 32.2. The van der Waals surface area contributed by atoms with Crippen LogP contribution in [0.15, 0.2) is 29.2 Å². The molecule has 7 heteroatoms. The van der Waals surface area contributed by atoms with E-state index in [1.54, 1.807) is 13.8 Å². The molecule has 0 heterocycles. The van der Waals surface area contributed by atoms with Crippen LogP contribution >= 0.6 is 0 Å². The number of nitrogens with one attached hydrogen (secondary N) is 1. The van der Waals surface area contributed by atoms with Crippen molar-refractivity contribution in [3.8, 4) is 6.07 Å². The van der Waals surface area contributed by atoms with Crippen LogP contribution in [-0.4, -0.2) is 25.5 Å². The van der Waals surface area contributed by atoms with Crippen LogP contribution in [0.2, 0.25) is 0 Å². The molecule has 1 rings (SSSR count). The summed E-state index contributed by atoms with van der Waals surface area (Å²) in [4.78, 5) is 10.9. The molecular weight excluding hydrogens is 268 g/mol. The zero-order chi connectivity index (χ0) is 14.6. The summed E-state index contributed by atoms with van der Waals surface area (Å²) in [5, 5.41) is 17.6. The van der Waals surface area contributed by atoms with Crippen molar-refractivity contribution >= 4 is 16.0 Å². The Bertz CT molecular complexity index is 600. The van der Waals surface area contributed by atoms with E-state index in [1.165, 1.54) is 24.3 Å². The average molecular weight is 282 g/mol. The molecule has 0 radical (unpaired) electrons. The van der Waals surface area contributed by atoms with Gasteiger partial charge in [-0.15, -0.1) is 0 Å². The third-order valence-corrected chi connectivity index (χ3v) is 3.97. The Labute approximate surface area is 111 Å². The molecule has 0 saturated heterocycles. The number of aliphatic carboxylic acids is 1. The molecule has 6 nitrogen and oxygen atoms in total. The van der Waals surface area contributed by atoms with Crippen molar-refractivity contribution in [1.82, 2.24) is 4.72 Å². The van der Waals surface area contributed by atoms with E-state index in [-0.39, 0.29) is 10.8 Å². The van der Waals surface area contributed by atoms with Crippen LogP contribution < -0.4 is 4.72 Å². The minimum absolute atomic E-state index is 0.0709. The lowest BCUT2D eigenvalue weighted by atomic mass is 10.1. The number of hydrogen-bond donors (Lipinski definition) is 2. The first-order chi connectivity index (χ1) is 8.77. The summed E-state index contributed by atoms with van der Waals surface area (Å²) in [6.45, 7) is 3.22. The molecule has 0 aliphatic rings. The zero-order valence-electron chi connectivity index (χ0n) is 10.5. The molecule has 0 fully saturated rings. The van der Waals surface area contributed by atoms with Crippen molar-refractivity contribution in [3.05, 3.63) is 29.8 Å². The fourth-order valence-corrected chi connectivity index (χ4v) is 2.75. The molecule has 0 spiro atoms. The largest absolute Gasteiger partial charge is 0.480 e. The minimum Gasteiger partial charge on any atom is -0.480 e. The molecule has 0 aromatic heterocycles. The Hall–Kier alpha value is -1.91. The van der Waals surface area contributed by atoms with Crippen LogP contribution in [-0.2, 0) is 14.8 Å². The highest BCUT2D eigenvalue weighted by Crippen LogP contribution is 2.13. The predicted octanol–water partition coefficient (Wildman–Crippen LogP) is 0.946. The van der Waals surface area contributed by atoms with Crippen LogP contribution in [0, 0.1) is 17.2 Å². The monoisotopic (exact) mass is 282 g/mol. The van der Waals surface area contributed by atoms with Crippen LogP contribution in [0.3, 0.4) is 0 Å². The van der Waals surface area contributed by atoms with Gasteiger partial charge in [0.05, 0.1) is 16.5 Å². The number of carbonyl (C=O) groups is 1. The van der Waals surface area contributed by atoms with E-state index in [1.807, 2.05) is 6.07 Å². The second-order valence-corrected chi connectivity index (χ2v) is 6.03. The first-order valence-electron chi connectivity index (χ1n) is 5.53.